The fourth-order valence-corrected chi connectivity index (χ4v) is 3.97. The molecule has 100 valence electrons. The number of thioether (sulfide) groups is 1. The van der Waals surface area contributed by atoms with Crippen molar-refractivity contribution in [2.24, 2.45) is 0 Å². The van der Waals surface area contributed by atoms with Crippen LogP contribution in [0.3, 0.4) is 0 Å². The summed E-state index contributed by atoms with van der Waals surface area (Å²) in [5.74, 6) is 0.685. The first-order chi connectivity index (χ1) is 9.74. The summed E-state index contributed by atoms with van der Waals surface area (Å²) in [6, 6.07) is 16.3. The van der Waals surface area contributed by atoms with Crippen LogP contribution in [-0.4, -0.2) is 11.5 Å². The summed E-state index contributed by atoms with van der Waals surface area (Å²) in [5, 5.41) is 3.19. The molecule has 3 rings (SSSR count). The van der Waals surface area contributed by atoms with Gasteiger partial charge in [-0.15, -0.1) is 23.1 Å². The number of carbonyl (C=O) groups is 1. The Morgan fingerprint density at radius 1 is 1.15 bits per heavy atom. The van der Waals surface area contributed by atoms with Crippen molar-refractivity contribution in [2.75, 3.05) is 5.75 Å². The lowest BCUT2D eigenvalue weighted by molar-refractivity contribution is 0.102. The first kappa shape index (κ1) is 13.4. The monoisotopic (exact) mass is 298 g/mol. The highest BCUT2D eigenvalue weighted by atomic mass is 32.2. The summed E-state index contributed by atoms with van der Waals surface area (Å²) in [6.07, 6.45) is 0. The van der Waals surface area contributed by atoms with E-state index in [9.17, 15) is 4.79 Å². The van der Waals surface area contributed by atoms with Gasteiger partial charge in [0.1, 0.15) is 0 Å². The normalized spacial score (nSPS) is 10.8. The molecule has 0 fully saturated rings. The van der Waals surface area contributed by atoms with E-state index in [4.69, 9.17) is 0 Å². The van der Waals surface area contributed by atoms with E-state index in [1.165, 1.54) is 5.56 Å². The van der Waals surface area contributed by atoms with Crippen molar-refractivity contribution in [3.05, 3.63) is 65.0 Å². The van der Waals surface area contributed by atoms with E-state index in [-0.39, 0.29) is 5.78 Å². The van der Waals surface area contributed by atoms with Gasteiger partial charge in [-0.3, -0.25) is 4.79 Å². The lowest BCUT2D eigenvalue weighted by Gasteiger charge is -2.04. The third-order valence-corrected chi connectivity index (χ3v) is 5.10. The van der Waals surface area contributed by atoms with Crippen LogP contribution in [0.1, 0.15) is 15.9 Å². The third kappa shape index (κ3) is 2.79. The average Bonchev–Trinajstić information content (AvgIpc) is 2.93. The first-order valence-electron chi connectivity index (χ1n) is 6.43. The third-order valence-electron chi connectivity index (χ3n) is 3.14. The molecule has 1 heterocycles. The van der Waals surface area contributed by atoms with Crippen LogP contribution >= 0.6 is 23.1 Å². The predicted molar refractivity (Wildman–Crippen MR) is 88.1 cm³/mol. The van der Waals surface area contributed by atoms with Gasteiger partial charge in [-0.25, -0.2) is 0 Å². The van der Waals surface area contributed by atoms with Gasteiger partial charge in [-0.2, -0.15) is 0 Å². The van der Waals surface area contributed by atoms with Gasteiger partial charge in [-0.1, -0.05) is 29.8 Å². The summed E-state index contributed by atoms with van der Waals surface area (Å²) in [6.45, 7) is 2.07. The molecule has 0 aliphatic heterocycles. The number of thiophene rings is 1. The number of benzene rings is 2. The number of hydrogen-bond acceptors (Lipinski definition) is 3. The van der Waals surface area contributed by atoms with E-state index in [1.54, 1.807) is 23.1 Å². The Morgan fingerprint density at radius 3 is 2.85 bits per heavy atom. The molecular formula is C17H14OS2. The van der Waals surface area contributed by atoms with Crippen LogP contribution in [0.25, 0.3) is 10.1 Å². The Balaban J connectivity index is 1.78. The maximum absolute atomic E-state index is 12.4. The van der Waals surface area contributed by atoms with Crippen LogP contribution in [-0.2, 0) is 0 Å². The number of hydrogen-bond donors (Lipinski definition) is 0. The number of carbonyl (C=O) groups excluding carboxylic acids is 1. The maximum atomic E-state index is 12.4. The lowest BCUT2D eigenvalue weighted by Crippen LogP contribution is -2.02. The highest BCUT2D eigenvalue weighted by molar-refractivity contribution is 8.00. The van der Waals surface area contributed by atoms with Crippen LogP contribution in [0.5, 0.6) is 0 Å². The lowest BCUT2D eigenvalue weighted by atomic mass is 10.1. The molecule has 0 unspecified atom stereocenters. The van der Waals surface area contributed by atoms with Gasteiger partial charge >= 0.3 is 0 Å². The SMILES string of the molecule is Cc1cccc(SCC(=O)c2cccc3ccsc23)c1. The largest absolute Gasteiger partial charge is 0.293 e. The molecule has 0 bridgehead atoms. The van der Waals surface area contributed by atoms with Crippen molar-refractivity contribution >= 4 is 39.0 Å². The Labute approximate surface area is 126 Å². The number of ketones is 1. The molecule has 0 aliphatic rings. The molecule has 0 atom stereocenters. The molecule has 0 radical (unpaired) electrons. The number of Topliss-reactive ketones (excluding diaryl/α,β-unsaturated/α-hetero) is 1. The van der Waals surface area contributed by atoms with E-state index in [2.05, 4.69) is 37.3 Å². The molecule has 3 aromatic rings. The second-order valence-electron chi connectivity index (χ2n) is 4.67. The van der Waals surface area contributed by atoms with Gasteiger partial charge in [0.25, 0.3) is 0 Å². The zero-order chi connectivity index (χ0) is 13.9. The average molecular weight is 298 g/mol. The molecule has 0 amide bonds. The molecule has 2 aromatic carbocycles. The molecule has 20 heavy (non-hydrogen) atoms. The van der Waals surface area contributed by atoms with Crippen LogP contribution in [0, 0.1) is 6.92 Å². The van der Waals surface area contributed by atoms with Gasteiger partial charge in [0.2, 0.25) is 0 Å². The van der Waals surface area contributed by atoms with Crippen LogP contribution in [0.2, 0.25) is 0 Å². The number of rotatable bonds is 4. The Kier molecular flexibility index (Phi) is 3.90. The van der Waals surface area contributed by atoms with E-state index < -0.39 is 0 Å². The van der Waals surface area contributed by atoms with Crippen molar-refractivity contribution in [3.8, 4) is 0 Å². The molecule has 3 heteroatoms. The van der Waals surface area contributed by atoms with Gasteiger partial charge in [0.05, 0.1) is 5.75 Å². The zero-order valence-corrected chi connectivity index (χ0v) is 12.8. The van der Waals surface area contributed by atoms with Crippen molar-refractivity contribution in [1.29, 1.82) is 0 Å². The Morgan fingerprint density at radius 2 is 2.00 bits per heavy atom. The highest BCUT2D eigenvalue weighted by Gasteiger charge is 2.11. The van der Waals surface area contributed by atoms with E-state index >= 15 is 0 Å². The van der Waals surface area contributed by atoms with Gasteiger partial charge in [-0.05, 0) is 42.0 Å². The van der Waals surface area contributed by atoms with Crippen molar-refractivity contribution in [2.45, 2.75) is 11.8 Å². The van der Waals surface area contributed by atoms with Crippen LogP contribution < -0.4 is 0 Å². The second-order valence-corrected chi connectivity index (χ2v) is 6.64. The quantitative estimate of drug-likeness (QED) is 0.487. The maximum Gasteiger partial charge on any atom is 0.174 e. The molecule has 0 N–H and O–H groups in total. The Bertz CT molecular complexity index is 758. The predicted octanol–water partition coefficient (Wildman–Crippen LogP) is 5.18. The van der Waals surface area contributed by atoms with Gasteiger partial charge in [0.15, 0.2) is 5.78 Å². The summed E-state index contributed by atoms with van der Waals surface area (Å²) in [5.41, 5.74) is 2.07. The van der Waals surface area contributed by atoms with E-state index in [0.29, 0.717) is 5.75 Å². The van der Waals surface area contributed by atoms with Crippen molar-refractivity contribution in [1.82, 2.24) is 0 Å². The number of fused-ring (bicyclic) bond motifs is 1. The first-order valence-corrected chi connectivity index (χ1v) is 8.29. The smallest absolute Gasteiger partial charge is 0.174 e. The minimum Gasteiger partial charge on any atom is -0.293 e. The summed E-state index contributed by atoms with van der Waals surface area (Å²) < 4.78 is 1.10. The molecule has 0 spiro atoms. The molecule has 0 aliphatic carbocycles. The summed E-state index contributed by atoms with van der Waals surface area (Å²) in [7, 11) is 0. The molecule has 0 saturated heterocycles. The second kappa shape index (κ2) is 5.81. The van der Waals surface area contributed by atoms with E-state index in [1.807, 2.05) is 23.6 Å². The summed E-state index contributed by atoms with van der Waals surface area (Å²) >= 11 is 3.24. The zero-order valence-electron chi connectivity index (χ0n) is 11.1. The van der Waals surface area contributed by atoms with Gasteiger partial charge in [0, 0.05) is 15.2 Å². The van der Waals surface area contributed by atoms with Crippen molar-refractivity contribution in [3.63, 3.8) is 0 Å². The molecule has 1 nitrogen and oxygen atoms in total. The van der Waals surface area contributed by atoms with Crippen LogP contribution in [0.4, 0.5) is 0 Å². The van der Waals surface area contributed by atoms with Gasteiger partial charge < -0.3 is 0 Å². The van der Waals surface area contributed by atoms with E-state index in [0.717, 1.165) is 20.5 Å². The standard InChI is InChI=1S/C17H14OS2/c1-12-4-2-6-14(10-12)20-11-16(18)15-7-3-5-13-8-9-19-17(13)15/h2-10H,11H2,1H3. The fourth-order valence-electron chi connectivity index (χ4n) is 2.14. The molecular weight excluding hydrogens is 284 g/mol. The van der Waals surface area contributed by atoms with Crippen LogP contribution in [0.15, 0.2) is 58.8 Å². The topological polar surface area (TPSA) is 17.1 Å². The highest BCUT2D eigenvalue weighted by Crippen LogP contribution is 2.27. The Hall–Kier alpha value is -1.58. The minimum absolute atomic E-state index is 0.199. The van der Waals surface area contributed by atoms with Crippen molar-refractivity contribution < 1.29 is 4.79 Å². The molecule has 1 aromatic heterocycles. The molecule has 0 saturated carbocycles. The minimum atomic E-state index is 0.199. The number of aryl methyl sites for hydroxylation is 1. The fraction of sp³-hybridized carbons (Fsp3) is 0.118. The summed E-state index contributed by atoms with van der Waals surface area (Å²) in [4.78, 5) is 13.6.